The number of nitrogens with zero attached hydrogens (tertiary/aromatic N) is 1. The molecule has 2 aromatic rings. The van der Waals surface area contributed by atoms with Crippen LogP contribution < -0.4 is 10.1 Å². The van der Waals surface area contributed by atoms with Gasteiger partial charge in [0.1, 0.15) is 0 Å². The summed E-state index contributed by atoms with van der Waals surface area (Å²) in [5.74, 6) is 0.647. The first kappa shape index (κ1) is 17.5. The highest BCUT2D eigenvalue weighted by Gasteiger charge is 2.41. The molecule has 1 amide bonds. The Morgan fingerprint density at radius 1 is 1.12 bits per heavy atom. The van der Waals surface area contributed by atoms with Crippen molar-refractivity contribution in [2.24, 2.45) is 0 Å². The van der Waals surface area contributed by atoms with Gasteiger partial charge in [0.05, 0.1) is 23.9 Å². The largest absolute Gasteiger partial charge is 0.478 e. The number of carbonyl (C=O) groups is 1. The molecule has 1 aliphatic carbocycles. The molecule has 25 heavy (non-hydrogen) atoms. The Morgan fingerprint density at radius 3 is 2.44 bits per heavy atom. The summed E-state index contributed by atoms with van der Waals surface area (Å²) in [6.07, 6.45) is 6.82. The monoisotopic (exact) mass is 338 g/mol. The SMILES string of the molecule is CCOc1ccc(NC(=O)C2(c3ccc(C)cc3)CCCCC2)cn1. The highest BCUT2D eigenvalue weighted by atomic mass is 16.5. The third-order valence-corrected chi connectivity index (χ3v) is 5.03. The highest BCUT2D eigenvalue weighted by molar-refractivity contribution is 5.99. The van der Waals surface area contributed by atoms with Crippen LogP contribution in [0.2, 0.25) is 0 Å². The van der Waals surface area contributed by atoms with E-state index in [-0.39, 0.29) is 5.91 Å². The zero-order valence-corrected chi connectivity index (χ0v) is 15.0. The maximum atomic E-state index is 13.2. The molecule has 1 saturated carbocycles. The van der Waals surface area contributed by atoms with E-state index in [1.165, 1.54) is 12.0 Å². The highest BCUT2D eigenvalue weighted by Crippen LogP contribution is 2.40. The van der Waals surface area contributed by atoms with Crippen LogP contribution >= 0.6 is 0 Å². The Morgan fingerprint density at radius 2 is 1.84 bits per heavy atom. The molecule has 0 atom stereocenters. The Bertz CT molecular complexity index is 702. The van der Waals surface area contributed by atoms with Crippen molar-refractivity contribution in [1.82, 2.24) is 4.98 Å². The van der Waals surface area contributed by atoms with Crippen molar-refractivity contribution in [3.63, 3.8) is 0 Å². The summed E-state index contributed by atoms with van der Waals surface area (Å²) in [7, 11) is 0. The molecule has 0 radical (unpaired) electrons. The minimum Gasteiger partial charge on any atom is -0.478 e. The Balaban J connectivity index is 1.83. The normalized spacial score (nSPS) is 16.2. The summed E-state index contributed by atoms with van der Waals surface area (Å²) in [4.78, 5) is 17.5. The number of aromatic nitrogens is 1. The van der Waals surface area contributed by atoms with Crippen LogP contribution in [0.15, 0.2) is 42.6 Å². The first-order valence-electron chi connectivity index (χ1n) is 9.11. The lowest BCUT2D eigenvalue weighted by Gasteiger charge is -2.36. The van der Waals surface area contributed by atoms with Crippen molar-refractivity contribution in [2.45, 2.75) is 51.4 Å². The zero-order chi connectivity index (χ0) is 17.7. The van der Waals surface area contributed by atoms with Gasteiger partial charge in [-0.05, 0) is 38.3 Å². The third-order valence-electron chi connectivity index (χ3n) is 5.03. The van der Waals surface area contributed by atoms with Gasteiger partial charge < -0.3 is 10.1 Å². The quantitative estimate of drug-likeness (QED) is 0.865. The van der Waals surface area contributed by atoms with Gasteiger partial charge in [-0.25, -0.2) is 4.98 Å². The second-order valence-corrected chi connectivity index (χ2v) is 6.78. The van der Waals surface area contributed by atoms with Crippen LogP contribution in [0.25, 0.3) is 0 Å². The smallest absolute Gasteiger partial charge is 0.235 e. The lowest BCUT2D eigenvalue weighted by Crippen LogP contribution is -2.42. The van der Waals surface area contributed by atoms with Gasteiger partial charge in [0.25, 0.3) is 0 Å². The molecule has 1 aromatic heterocycles. The fraction of sp³-hybridized carbons (Fsp3) is 0.429. The van der Waals surface area contributed by atoms with Crippen LogP contribution in [0.3, 0.4) is 0 Å². The Labute approximate surface area is 149 Å². The van der Waals surface area contributed by atoms with Gasteiger partial charge in [-0.15, -0.1) is 0 Å². The molecule has 0 bridgehead atoms. The van der Waals surface area contributed by atoms with Crippen molar-refractivity contribution in [2.75, 3.05) is 11.9 Å². The van der Waals surface area contributed by atoms with E-state index in [0.717, 1.165) is 31.2 Å². The number of pyridine rings is 1. The lowest BCUT2D eigenvalue weighted by molar-refractivity contribution is -0.122. The number of hydrogen-bond donors (Lipinski definition) is 1. The summed E-state index contributed by atoms with van der Waals surface area (Å²) < 4.78 is 5.36. The first-order chi connectivity index (χ1) is 12.1. The van der Waals surface area contributed by atoms with E-state index < -0.39 is 5.41 Å². The molecule has 1 aliphatic rings. The molecule has 0 spiro atoms. The maximum absolute atomic E-state index is 13.2. The van der Waals surface area contributed by atoms with E-state index in [9.17, 15) is 4.79 Å². The van der Waals surface area contributed by atoms with Crippen molar-refractivity contribution in [3.05, 3.63) is 53.7 Å². The number of ether oxygens (including phenoxy) is 1. The molecule has 4 nitrogen and oxygen atoms in total. The maximum Gasteiger partial charge on any atom is 0.235 e. The number of aryl methyl sites for hydroxylation is 1. The van der Waals surface area contributed by atoms with Crippen molar-refractivity contribution >= 4 is 11.6 Å². The van der Waals surface area contributed by atoms with Crippen LogP contribution in [0.5, 0.6) is 5.88 Å². The fourth-order valence-electron chi connectivity index (χ4n) is 3.61. The van der Waals surface area contributed by atoms with E-state index >= 15 is 0 Å². The van der Waals surface area contributed by atoms with Gasteiger partial charge in [0.15, 0.2) is 0 Å². The Hall–Kier alpha value is -2.36. The van der Waals surface area contributed by atoms with Gasteiger partial charge in [-0.2, -0.15) is 0 Å². The van der Waals surface area contributed by atoms with Crippen molar-refractivity contribution in [1.29, 1.82) is 0 Å². The average molecular weight is 338 g/mol. The molecule has 1 aromatic carbocycles. The summed E-state index contributed by atoms with van der Waals surface area (Å²) in [6.45, 7) is 4.57. The summed E-state index contributed by atoms with van der Waals surface area (Å²) in [6, 6.07) is 12.0. The number of anilines is 1. The van der Waals surface area contributed by atoms with Crippen LogP contribution in [0.1, 0.15) is 50.2 Å². The molecule has 1 N–H and O–H groups in total. The number of benzene rings is 1. The third kappa shape index (κ3) is 3.84. The molecular formula is C21H26N2O2. The molecule has 0 saturated heterocycles. The fourth-order valence-corrected chi connectivity index (χ4v) is 3.61. The van der Waals surface area contributed by atoms with Crippen molar-refractivity contribution < 1.29 is 9.53 Å². The van der Waals surface area contributed by atoms with Crippen LogP contribution in [0.4, 0.5) is 5.69 Å². The minimum atomic E-state index is -0.440. The summed E-state index contributed by atoms with van der Waals surface area (Å²) in [5, 5.41) is 3.08. The molecule has 1 fully saturated rings. The van der Waals surface area contributed by atoms with E-state index in [1.807, 2.05) is 13.0 Å². The number of rotatable bonds is 5. The van der Waals surface area contributed by atoms with Gasteiger partial charge >= 0.3 is 0 Å². The number of hydrogen-bond acceptors (Lipinski definition) is 3. The standard InChI is InChI=1S/C21H26N2O2/c1-3-25-19-12-11-18(15-22-19)23-20(24)21(13-5-4-6-14-21)17-9-7-16(2)8-10-17/h7-12,15H,3-6,13-14H2,1-2H3,(H,23,24). The lowest BCUT2D eigenvalue weighted by atomic mass is 9.68. The molecule has 0 unspecified atom stereocenters. The van der Waals surface area contributed by atoms with Gasteiger partial charge in [0.2, 0.25) is 11.8 Å². The molecule has 3 rings (SSSR count). The molecule has 1 heterocycles. The van der Waals surface area contributed by atoms with Crippen LogP contribution in [-0.4, -0.2) is 17.5 Å². The predicted molar refractivity (Wildman–Crippen MR) is 100.0 cm³/mol. The van der Waals surface area contributed by atoms with E-state index in [4.69, 9.17) is 4.74 Å². The van der Waals surface area contributed by atoms with Crippen molar-refractivity contribution in [3.8, 4) is 5.88 Å². The molecule has 0 aliphatic heterocycles. The summed E-state index contributed by atoms with van der Waals surface area (Å²) in [5.41, 5.74) is 2.61. The number of nitrogens with one attached hydrogen (secondary N) is 1. The van der Waals surface area contributed by atoms with Crippen LogP contribution in [-0.2, 0) is 10.2 Å². The second-order valence-electron chi connectivity index (χ2n) is 6.78. The number of amides is 1. The summed E-state index contributed by atoms with van der Waals surface area (Å²) >= 11 is 0. The number of carbonyl (C=O) groups excluding carboxylic acids is 1. The minimum absolute atomic E-state index is 0.0713. The van der Waals surface area contributed by atoms with Gasteiger partial charge in [0, 0.05) is 6.07 Å². The van der Waals surface area contributed by atoms with E-state index in [0.29, 0.717) is 18.2 Å². The zero-order valence-electron chi connectivity index (χ0n) is 15.0. The molecular weight excluding hydrogens is 312 g/mol. The van der Waals surface area contributed by atoms with Gasteiger partial charge in [-0.1, -0.05) is 49.1 Å². The van der Waals surface area contributed by atoms with Gasteiger partial charge in [-0.3, -0.25) is 4.79 Å². The molecule has 4 heteroatoms. The molecule has 132 valence electrons. The van der Waals surface area contributed by atoms with E-state index in [1.54, 1.807) is 12.3 Å². The van der Waals surface area contributed by atoms with Crippen LogP contribution in [0, 0.1) is 6.92 Å². The van der Waals surface area contributed by atoms with E-state index in [2.05, 4.69) is 41.5 Å². The second kappa shape index (κ2) is 7.68. The topological polar surface area (TPSA) is 51.2 Å². The average Bonchev–Trinajstić information content (AvgIpc) is 2.64. The predicted octanol–water partition coefficient (Wildman–Crippen LogP) is 4.63. The first-order valence-corrected chi connectivity index (χ1v) is 9.11. The Kier molecular flexibility index (Phi) is 5.37.